The van der Waals surface area contributed by atoms with Gasteiger partial charge in [-0.3, -0.25) is 0 Å². The van der Waals surface area contributed by atoms with Crippen LogP contribution in [0.4, 0.5) is 4.39 Å². The molecule has 2 aromatic carbocycles. The summed E-state index contributed by atoms with van der Waals surface area (Å²) in [5.41, 5.74) is 3.19. The lowest BCUT2D eigenvalue weighted by atomic mass is 9.98. The molecule has 2 aromatic rings. The minimum absolute atomic E-state index is 0.326. The van der Waals surface area contributed by atoms with E-state index in [9.17, 15) is 4.39 Å². The molecule has 0 aliphatic heterocycles. The van der Waals surface area contributed by atoms with Crippen molar-refractivity contribution >= 4 is 11.6 Å². The number of halogens is 2. The molecule has 0 amide bonds. The van der Waals surface area contributed by atoms with Crippen LogP contribution in [-0.4, -0.2) is 0 Å². The molecule has 0 aromatic heterocycles. The summed E-state index contributed by atoms with van der Waals surface area (Å²) in [6.07, 6.45) is 5.46. The fourth-order valence-electron chi connectivity index (χ4n) is 1.72. The van der Waals surface area contributed by atoms with Crippen molar-refractivity contribution in [1.82, 2.24) is 0 Å². The Balaban J connectivity index is 2.69. The van der Waals surface area contributed by atoms with Crippen LogP contribution in [0, 0.1) is 25.1 Å². The molecule has 0 nitrogen and oxygen atoms in total. The SMILES string of the molecule is C#Cc1cc(C)ccc1-c1cc(F)ccc1Cl. The van der Waals surface area contributed by atoms with Crippen molar-refractivity contribution in [1.29, 1.82) is 0 Å². The molecule has 0 spiro atoms. The number of aryl methyl sites for hydroxylation is 1. The second-order valence-corrected chi connectivity index (χ2v) is 4.22. The molecule has 17 heavy (non-hydrogen) atoms. The highest BCUT2D eigenvalue weighted by molar-refractivity contribution is 6.33. The molecule has 84 valence electrons. The summed E-state index contributed by atoms with van der Waals surface area (Å²) in [6, 6.07) is 9.94. The quantitative estimate of drug-likeness (QED) is 0.651. The Hall–Kier alpha value is -1.78. The Morgan fingerprint density at radius 3 is 2.59 bits per heavy atom. The predicted octanol–water partition coefficient (Wildman–Crippen LogP) is 4.44. The van der Waals surface area contributed by atoms with Crippen LogP contribution in [0.5, 0.6) is 0 Å². The van der Waals surface area contributed by atoms with Gasteiger partial charge >= 0.3 is 0 Å². The topological polar surface area (TPSA) is 0 Å². The van der Waals surface area contributed by atoms with Gasteiger partial charge in [0.15, 0.2) is 0 Å². The normalized spacial score (nSPS) is 10.0. The van der Waals surface area contributed by atoms with Crippen LogP contribution >= 0.6 is 11.6 Å². The van der Waals surface area contributed by atoms with Gasteiger partial charge in [-0.05, 0) is 42.3 Å². The van der Waals surface area contributed by atoms with E-state index in [1.807, 2.05) is 25.1 Å². The Kier molecular flexibility index (Phi) is 3.17. The van der Waals surface area contributed by atoms with Crippen LogP contribution in [-0.2, 0) is 0 Å². The van der Waals surface area contributed by atoms with Crippen LogP contribution in [0.3, 0.4) is 0 Å². The van der Waals surface area contributed by atoms with E-state index in [4.69, 9.17) is 18.0 Å². The van der Waals surface area contributed by atoms with Crippen LogP contribution in [0.25, 0.3) is 11.1 Å². The molecule has 0 heterocycles. The summed E-state index contributed by atoms with van der Waals surface area (Å²) in [5, 5.41) is 0.492. The van der Waals surface area contributed by atoms with Gasteiger partial charge in [0.2, 0.25) is 0 Å². The summed E-state index contributed by atoms with van der Waals surface area (Å²) in [6.45, 7) is 1.96. The maximum atomic E-state index is 13.2. The van der Waals surface area contributed by atoms with Gasteiger partial charge in [-0.1, -0.05) is 29.7 Å². The first-order valence-corrected chi connectivity index (χ1v) is 5.52. The monoisotopic (exact) mass is 244 g/mol. The van der Waals surface area contributed by atoms with Crippen molar-refractivity contribution < 1.29 is 4.39 Å². The summed E-state index contributed by atoms with van der Waals surface area (Å²) < 4.78 is 13.2. The molecule has 0 aliphatic carbocycles. The highest BCUT2D eigenvalue weighted by Crippen LogP contribution is 2.31. The summed E-state index contributed by atoms with van der Waals surface area (Å²) in [7, 11) is 0. The molecule has 0 aliphatic rings. The van der Waals surface area contributed by atoms with Gasteiger partial charge in [-0.15, -0.1) is 6.42 Å². The van der Waals surface area contributed by atoms with Gasteiger partial charge in [0, 0.05) is 16.1 Å². The largest absolute Gasteiger partial charge is 0.207 e. The van der Waals surface area contributed by atoms with E-state index in [1.54, 1.807) is 0 Å². The molecule has 0 saturated carbocycles. The van der Waals surface area contributed by atoms with E-state index in [-0.39, 0.29) is 5.82 Å². The average molecular weight is 245 g/mol. The lowest BCUT2D eigenvalue weighted by Gasteiger charge is -2.08. The van der Waals surface area contributed by atoms with Gasteiger partial charge in [0.1, 0.15) is 5.82 Å². The zero-order valence-electron chi connectivity index (χ0n) is 9.30. The summed E-state index contributed by atoms with van der Waals surface area (Å²) in [5.74, 6) is 2.27. The number of benzene rings is 2. The lowest BCUT2D eigenvalue weighted by molar-refractivity contribution is 0.628. The second-order valence-electron chi connectivity index (χ2n) is 3.82. The van der Waals surface area contributed by atoms with Gasteiger partial charge in [0.05, 0.1) is 0 Å². The van der Waals surface area contributed by atoms with Crippen molar-refractivity contribution in [2.24, 2.45) is 0 Å². The Morgan fingerprint density at radius 1 is 1.12 bits per heavy atom. The minimum Gasteiger partial charge on any atom is -0.207 e. The van der Waals surface area contributed by atoms with Crippen molar-refractivity contribution in [2.75, 3.05) is 0 Å². The van der Waals surface area contributed by atoms with Crippen LogP contribution in [0.1, 0.15) is 11.1 Å². The highest BCUT2D eigenvalue weighted by atomic mass is 35.5. The Morgan fingerprint density at radius 2 is 1.88 bits per heavy atom. The third-order valence-electron chi connectivity index (χ3n) is 2.55. The first-order chi connectivity index (χ1) is 8.11. The highest BCUT2D eigenvalue weighted by Gasteiger charge is 2.08. The standard InChI is InChI=1S/C15H10ClF/c1-3-11-8-10(2)4-6-13(11)14-9-12(17)5-7-15(14)16/h1,4-9H,2H3. The zero-order chi connectivity index (χ0) is 12.4. The van der Waals surface area contributed by atoms with Gasteiger partial charge in [-0.2, -0.15) is 0 Å². The van der Waals surface area contributed by atoms with E-state index < -0.39 is 0 Å². The Bertz CT molecular complexity index is 609. The predicted molar refractivity (Wildman–Crippen MR) is 69.5 cm³/mol. The van der Waals surface area contributed by atoms with Gasteiger partial charge < -0.3 is 0 Å². The number of rotatable bonds is 1. The smallest absolute Gasteiger partial charge is 0.123 e. The van der Waals surface area contributed by atoms with Gasteiger partial charge in [0.25, 0.3) is 0 Å². The zero-order valence-corrected chi connectivity index (χ0v) is 10.1. The second kappa shape index (κ2) is 4.61. The minimum atomic E-state index is -0.326. The van der Waals surface area contributed by atoms with Crippen molar-refractivity contribution in [3.63, 3.8) is 0 Å². The van der Waals surface area contributed by atoms with Crippen LogP contribution in [0.2, 0.25) is 5.02 Å². The van der Waals surface area contributed by atoms with E-state index in [1.165, 1.54) is 18.2 Å². The first-order valence-electron chi connectivity index (χ1n) is 5.14. The Labute approximate surface area is 105 Å². The van der Waals surface area contributed by atoms with E-state index >= 15 is 0 Å². The maximum Gasteiger partial charge on any atom is 0.123 e. The molecule has 0 fully saturated rings. The van der Waals surface area contributed by atoms with Crippen molar-refractivity contribution in [2.45, 2.75) is 6.92 Å². The fourth-order valence-corrected chi connectivity index (χ4v) is 1.94. The molecule has 0 radical (unpaired) electrons. The van der Waals surface area contributed by atoms with Crippen molar-refractivity contribution in [3.05, 3.63) is 58.4 Å². The van der Waals surface area contributed by atoms with E-state index in [0.29, 0.717) is 10.6 Å². The molecular weight excluding hydrogens is 235 g/mol. The first kappa shape index (κ1) is 11.7. The molecule has 0 atom stereocenters. The van der Waals surface area contributed by atoms with Crippen LogP contribution in [0.15, 0.2) is 36.4 Å². The summed E-state index contributed by atoms with van der Waals surface area (Å²) >= 11 is 6.06. The summed E-state index contributed by atoms with van der Waals surface area (Å²) in [4.78, 5) is 0. The van der Waals surface area contributed by atoms with E-state index in [2.05, 4.69) is 5.92 Å². The molecule has 0 saturated heterocycles. The molecule has 0 N–H and O–H groups in total. The molecular formula is C15H10ClF. The van der Waals surface area contributed by atoms with E-state index in [0.717, 1.165) is 16.7 Å². The number of terminal acetylenes is 1. The maximum absolute atomic E-state index is 13.2. The molecule has 0 unspecified atom stereocenters. The fraction of sp³-hybridized carbons (Fsp3) is 0.0667. The third-order valence-corrected chi connectivity index (χ3v) is 2.88. The molecule has 0 bridgehead atoms. The van der Waals surface area contributed by atoms with Crippen LogP contribution < -0.4 is 0 Å². The average Bonchev–Trinajstić information content (AvgIpc) is 2.32. The molecule has 2 heteroatoms. The number of hydrogen-bond acceptors (Lipinski definition) is 0. The lowest BCUT2D eigenvalue weighted by Crippen LogP contribution is -1.88. The number of hydrogen-bond donors (Lipinski definition) is 0. The van der Waals surface area contributed by atoms with Crippen molar-refractivity contribution in [3.8, 4) is 23.5 Å². The molecule has 2 rings (SSSR count). The van der Waals surface area contributed by atoms with Gasteiger partial charge in [-0.25, -0.2) is 4.39 Å². The third kappa shape index (κ3) is 2.33.